The summed E-state index contributed by atoms with van der Waals surface area (Å²) < 4.78 is 0. The van der Waals surface area contributed by atoms with Crippen molar-refractivity contribution in [1.82, 2.24) is 4.90 Å². The van der Waals surface area contributed by atoms with Crippen LogP contribution in [0.3, 0.4) is 0 Å². The molecular weight excluding hydrogens is 178 g/mol. The first-order valence-electron chi connectivity index (χ1n) is 5.53. The Kier molecular flexibility index (Phi) is 7.48. The van der Waals surface area contributed by atoms with Gasteiger partial charge in [-0.3, -0.25) is 4.79 Å². The van der Waals surface area contributed by atoms with E-state index >= 15 is 0 Å². The lowest BCUT2D eigenvalue weighted by atomic mass is 10.1. The maximum Gasteiger partial charge on any atom is 0.303 e. The Morgan fingerprint density at radius 3 is 2.43 bits per heavy atom. The van der Waals surface area contributed by atoms with Crippen LogP contribution in [0.15, 0.2) is 0 Å². The fourth-order valence-electron chi connectivity index (χ4n) is 1.63. The minimum atomic E-state index is -0.676. The molecule has 0 aromatic rings. The Labute approximate surface area is 87.1 Å². The first-order chi connectivity index (χ1) is 6.61. The van der Waals surface area contributed by atoms with E-state index in [-0.39, 0.29) is 0 Å². The van der Waals surface area contributed by atoms with Crippen LogP contribution in [-0.4, -0.2) is 35.6 Å². The molecule has 0 aliphatic carbocycles. The van der Waals surface area contributed by atoms with Gasteiger partial charge in [0.2, 0.25) is 0 Å². The zero-order chi connectivity index (χ0) is 11.0. The zero-order valence-electron chi connectivity index (χ0n) is 9.62. The van der Waals surface area contributed by atoms with Gasteiger partial charge in [-0.2, -0.15) is 0 Å². The number of likely N-dealkylation sites (tertiary alicyclic amines) is 1. The summed E-state index contributed by atoms with van der Waals surface area (Å²) in [4.78, 5) is 12.5. The zero-order valence-corrected chi connectivity index (χ0v) is 9.62. The summed E-state index contributed by atoms with van der Waals surface area (Å²) in [6, 6.07) is 0.520. The van der Waals surface area contributed by atoms with Crippen molar-refractivity contribution in [2.24, 2.45) is 0 Å². The molecule has 1 saturated heterocycles. The van der Waals surface area contributed by atoms with E-state index in [4.69, 9.17) is 5.11 Å². The lowest BCUT2D eigenvalue weighted by Crippen LogP contribution is -2.25. The van der Waals surface area contributed by atoms with Gasteiger partial charge in [0.15, 0.2) is 0 Å². The summed E-state index contributed by atoms with van der Waals surface area (Å²) in [6.07, 6.45) is 4.77. The molecule has 0 aromatic heterocycles. The first-order valence-corrected chi connectivity index (χ1v) is 5.53. The van der Waals surface area contributed by atoms with Gasteiger partial charge in [-0.1, -0.05) is 20.3 Å². The van der Waals surface area contributed by atoms with E-state index in [9.17, 15) is 4.79 Å². The standard InChI is InChI=1S/C8H15NO2.C3H8/c1-9-6-2-3-7(9)4-5-8(10)11;1-3-2/h7H,2-6H2,1H3,(H,10,11);3H2,1-2H3/t7-;/m0./s1. The van der Waals surface area contributed by atoms with Gasteiger partial charge < -0.3 is 10.0 Å². The van der Waals surface area contributed by atoms with Crippen molar-refractivity contribution < 1.29 is 9.90 Å². The van der Waals surface area contributed by atoms with Crippen LogP contribution in [0.2, 0.25) is 0 Å². The highest BCUT2D eigenvalue weighted by atomic mass is 16.4. The van der Waals surface area contributed by atoms with Gasteiger partial charge in [-0.05, 0) is 32.9 Å². The Morgan fingerprint density at radius 2 is 2.07 bits per heavy atom. The summed E-state index contributed by atoms with van der Waals surface area (Å²) in [5, 5.41) is 8.44. The molecule has 1 aliphatic heterocycles. The molecule has 0 unspecified atom stereocenters. The number of carbonyl (C=O) groups is 1. The molecule has 1 rings (SSSR count). The van der Waals surface area contributed by atoms with Crippen LogP contribution in [0.5, 0.6) is 0 Å². The lowest BCUT2D eigenvalue weighted by Gasteiger charge is -2.17. The topological polar surface area (TPSA) is 40.5 Å². The molecule has 1 N–H and O–H groups in total. The van der Waals surface area contributed by atoms with Gasteiger partial charge >= 0.3 is 5.97 Å². The van der Waals surface area contributed by atoms with Crippen LogP contribution in [0, 0.1) is 0 Å². The fourth-order valence-corrected chi connectivity index (χ4v) is 1.63. The number of rotatable bonds is 3. The molecule has 1 heterocycles. The summed E-state index contributed by atoms with van der Waals surface area (Å²) in [7, 11) is 2.07. The third-order valence-electron chi connectivity index (χ3n) is 2.36. The van der Waals surface area contributed by atoms with Crippen molar-refractivity contribution in [2.75, 3.05) is 13.6 Å². The quantitative estimate of drug-likeness (QED) is 0.762. The van der Waals surface area contributed by atoms with Crippen LogP contribution >= 0.6 is 0 Å². The van der Waals surface area contributed by atoms with Crippen molar-refractivity contribution in [3.8, 4) is 0 Å². The Balaban J connectivity index is 0.000000500. The number of hydrogen-bond acceptors (Lipinski definition) is 2. The predicted octanol–water partition coefficient (Wildman–Crippen LogP) is 2.36. The number of hydrogen-bond donors (Lipinski definition) is 1. The molecule has 0 saturated carbocycles. The van der Waals surface area contributed by atoms with E-state index in [1.54, 1.807) is 0 Å². The van der Waals surface area contributed by atoms with E-state index in [0.29, 0.717) is 12.5 Å². The SMILES string of the molecule is CCC.CN1CCC[C@H]1CCC(=O)O. The van der Waals surface area contributed by atoms with Crippen molar-refractivity contribution in [3.63, 3.8) is 0 Å². The monoisotopic (exact) mass is 201 g/mol. The third-order valence-corrected chi connectivity index (χ3v) is 2.36. The molecule has 1 fully saturated rings. The molecule has 3 nitrogen and oxygen atoms in total. The third kappa shape index (κ3) is 5.97. The van der Waals surface area contributed by atoms with Gasteiger partial charge in [-0.25, -0.2) is 0 Å². The van der Waals surface area contributed by atoms with Gasteiger partial charge in [0.1, 0.15) is 0 Å². The predicted molar refractivity (Wildman–Crippen MR) is 58.5 cm³/mol. The second-order valence-electron chi connectivity index (χ2n) is 3.92. The van der Waals surface area contributed by atoms with E-state index < -0.39 is 5.97 Å². The van der Waals surface area contributed by atoms with Gasteiger partial charge in [0, 0.05) is 12.5 Å². The lowest BCUT2D eigenvalue weighted by molar-refractivity contribution is -0.137. The van der Waals surface area contributed by atoms with Crippen LogP contribution in [0.1, 0.15) is 46.0 Å². The van der Waals surface area contributed by atoms with E-state index in [2.05, 4.69) is 25.8 Å². The molecule has 0 amide bonds. The van der Waals surface area contributed by atoms with Crippen LogP contribution in [-0.2, 0) is 4.79 Å². The van der Waals surface area contributed by atoms with Gasteiger partial charge in [0.05, 0.1) is 0 Å². The second kappa shape index (κ2) is 7.80. The van der Waals surface area contributed by atoms with Crippen LogP contribution in [0.4, 0.5) is 0 Å². The van der Waals surface area contributed by atoms with Gasteiger partial charge in [0.25, 0.3) is 0 Å². The molecule has 0 radical (unpaired) electrons. The highest BCUT2D eigenvalue weighted by molar-refractivity contribution is 5.66. The minimum absolute atomic E-state index is 0.314. The number of carboxylic acids is 1. The largest absolute Gasteiger partial charge is 0.481 e. The summed E-state index contributed by atoms with van der Waals surface area (Å²) >= 11 is 0. The molecule has 0 bridgehead atoms. The molecule has 0 aromatic carbocycles. The average Bonchev–Trinajstić information content (AvgIpc) is 2.49. The highest BCUT2D eigenvalue weighted by Crippen LogP contribution is 2.18. The Morgan fingerprint density at radius 1 is 1.50 bits per heavy atom. The molecule has 84 valence electrons. The highest BCUT2D eigenvalue weighted by Gasteiger charge is 2.20. The maximum atomic E-state index is 10.2. The number of carboxylic acid groups (broad SMARTS) is 1. The molecule has 1 aliphatic rings. The van der Waals surface area contributed by atoms with E-state index in [0.717, 1.165) is 13.0 Å². The number of nitrogens with zero attached hydrogens (tertiary/aromatic N) is 1. The first kappa shape index (κ1) is 13.4. The molecule has 0 spiro atoms. The van der Waals surface area contributed by atoms with Crippen molar-refractivity contribution in [3.05, 3.63) is 0 Å². The fraction of sp³-hybridized carbons (Fsp3) is 0.909. The number of aliphatic carboxylic acids is 1. The summed E-state index contributed by atoms with van der Waals surface area (Å²) in [5.41, 5.74) is 0. The Hall–Kier alpha value is -0.570. The van der Waals surface area contributed by atoms with Crippen LogP contribution in [0.25, 0.3) is 0 Å². The van der Waals surface area contributed by atoms with E-state index in [1.807, 2.05) is 0 Å². The molecule has 3 heteroatoms. The van der Waals surface area contributed by atoms with Crippen LogP contribution < -0.4 is 0 Å². The van der Waals surface area contributed by atoms with Gasteiger partial charge in [-0.15, -0.1) is 0 Å². The summed E-state index contributed by atoms with van der Waals surface area (Å²) in [6.45, 7) is 5.38. The molecule has 14 heavy (non-hydrogen) atoms. The molecule has 1 atom stereocenters. The van der Waals surface area contributed by atoms with E-state index in [1.165, 1.54) is 19.3 Å². The normalized spacial score (nSPS) is 21.5. The van der Waals surface area contributed by atoms with Crippen molar-refractivity contribution in [1.29, 1.82) is 0 Å². The minimum Gasteiger partial charge on any atom is -0.481 e. The Bertz CT molecular complexity index is 159. The molecular formula is C11H23NO2. The van der Waals surface area contributed by atoms with Crippen molar-refractivity contribution >= 4 is 5.97 Å². The maximum absolute atomic E-state index is 10.2. The van der Waals surface area contributed by atoms with Crippen molar-refractivity contribution in [2.45, 2.75) is 52.0 Å². The summed E-state index contributed by atoms with van der Waals surface area (Å²) in [5.74, 6) is -0.676. The smallest absolute Gasteiger partial charge is 0.303 e. The average molecular weight is 201 g/mol. The second-order valence-corrected chi connectivity index (χ2v) is 3.92.